The molecule has 0 bridgehead atoms. The molecule has 1 aliphatic rings. The van der Waals surface area contributed by atoms with Crippen LogP contribution in [-0.2, 0) is 4.79 Å². The van der Waals surface area contributed by atoms with Gasteiger partial charge in [-0.15, -0.1) is 0 Å². The van der Waals surface area contributed by atoms with Crippen molar-refractivity contribution in [3.05, 3.63) is 59.9 Å². The summed E-state index contributed by atoms with van der Waals surface area (Å²) in [7, 11) is 3.55. The number of likely N-dealkylation sites (N-methyl/N-ethyl adjacent to an activating group) is 1. The van der Waals surface area contributed by atoms with Gasteiger partial charge in [0, 0.05) is 11.5 Å². The molecule has 1 saturated heterocycles. The summed E-state index contributed by atoms with van der Waals surface area (Å²) in [4.78, 5) is 15.7. The predicted octanol–water partition coefficient (Wildman–Crippen LogP) is 2.23. The monoisotopic (exact) mass is 367 g/mol. The Morgan fingerprint density at radius 1 is 1.19 bits per heavy atom. The molecule has 140 valence electrons. The first-order valence-corrected chi connectivity index (χ1v) is 8.79. The summed E-state index contributed by atoms with van der Waals surface area (Å²) < 4.78 is 14.4. The lowest BCUT2D eigenvalue weighted by Gasteiger charge is -2.52. The molecule has 2 aromatic carbocycles. The van der Waals surface area contributed by atoms with E-state index >= 15 is 0 Å². The molecule has 0 aromatic heterocycles. The molecule has 0 radical (unpaired) electrons. The Hall–Kier alpha value is -2.75. The number of hydrogen-bond acceptors (Lipinski definition) is 4. The molecule has 1 heterocycles. The van der Waals surface area contributed by atoms with Crippen molar-refractivity contribution < 1.29 is 14.3 Å². The highest BCUT2D eigenvalue weighted by Gasteiger charge is 2.52. The van der Waals surface area contributed by atoms with Gasteiger partial charge in [-0.05, 0) is 31.3 Å². The van der Waals surface area contributed by atoms with Gasteiger partial charge >= 0.3 is 0 Å². The third kappa shape index (κ3) is 3.44. The van der Waals surface area contributed by atoms with E-state index < -0.39 is 12.1 Å². The second-order valence-corrected chi connectivity index (χ2v) is 6.96. The number of carbonyl (C=O) groups is 1. The highest BCUT2D eigenvalue weighted by Crippen LogP contribution is 2.44. The molecule has 1 fully saturated rings. The van der Waals surface area contributed by atoms with Gasteiger partial charge in [0.05, 0.1) is 25.3 Å². The molecule has 0 aliphatic carbocycles. The van der Waals surface area contributed by atoms with Gasteiger partial charge in [-0.2, -0.15) is 5.26 Å². The minimum absolute atomic E-state index is 0.163. The number of benzene rings is 2. The summed E-state index contributed by atoms with van der Waals surface area (Å²) in [6.07, 6.45) is 0. The van der Waals surface area contributed by atoms with Gasteiger partial charge in [0.25, 0.3) is 0 Å². The SMILES string of the molecule is CN(C)CC(=O)N1[C@H](C#N)[C@@H](c2ccccc2-c2ccccc2F)[C@H]1CO. The summed E-state index contributed by atoms with van der Waals surface area (Å²) in [5.74, 6) is -0.925. The molecule has 1 amide bonds. The molecule has 6 heteroatoms. The minimum Gasteiger partial charge on any atom is -0.394 e. The van der Waals surface area contributed by atoms with Crippen LogP contribution in [0.4, 0.5) is 4.39 Å². The number of nitrogens with zero attached hydrogens (tertiary/aromatic N) is 3. The number of likely N-dealkylation sites (tertiary alicyclic amines) is 1. The van der Waals surface area contributed by atoms with Crippen LogP contribution in [0.3, 0.4) is 0 Å². The zero-order valence-electron chi connectivity index (χ0n) is 15.3. The lowest BCUT2D eigenvalue weighted by atomic mass is 9.73. The number of nitriles is 1. The molecule has 3 rings (SSSR count). The largest absolute Gasteiger partial charge is 0.394 e. The number of aliphatic hydroxyl groups is 1. The van der Waals surface area contributed by atoms with E-state index in [1.54, 1.807) is 43.3 Å². The van der Waals surface area contributed by atoms with Gasteiger partial charge in [0.15, 0.2) is 0 Å². The zero-order valence-corrected chi connectivity index (χ0v) is 15.3. The van der Waals surface area contributed by atoms with Gasteiger partial charge in [0.2, 0.25) is 5.91 Å². The van der Waals surface area contributed by atoms with Gasteiger partial charge < -0.3 is 14.9 Å². The van der Waals surface area contributed by atoms with E-state index in [-0.39, 0.29) is 30.8 Å². The Bertz CT molecular complexity index is 878. The molecular weight excluding hydrogens is 345 g/mol. The Morgan fingerprint density at radius 3 is 2.41 bits per heavy atom. The second kappa shape index (κ2) is 7.87. The Balaban J connectivity index is 2.01. The number of halogens is 1. The molecule has 0 unspecified atom stereocenters. The van der Waals surface area contributed by atoms with E-state index in [4.69, 9.17) is 0 Å². The van der Waals surface area contributed by atoms with Gasteiger partial charge in [-0.1, -0.05) is 42.5 Å². The van der Waals surface area contributed by atoms with E-state index in [0.717, 1.165) is 5.56 Å². The van der Waals surface area contributed by atoms with Crippen molar-refractivity contribution in [3.63, 3.8) is 0 Å². The smallest absolute Gasteiger partial charge is 0.238 e. The van der Waals surface area contributed by atoms with Crippen LogP contribution >= 0.6 is 0 Å². The molecular formula is C21H22FN3O2. The molecule has 0 saturated carbocycles. The van der Waals surface area contributed by atoms with Gasteiger partial charge in [-0.3, -0.25) is 4.79 Å². The van der Waals surface area contributed by atoms with Gasteiger partial charge in [-0.25, -0.2) is 4.39 Å². The van der Waals surface area contributed by atoms with E-state index in [1.807, 2.05) is 18.2 Å². The number of hydrogen-bond donors (Lipinski definition) is 1. The Kier molecular flexibility index (Phi) is 5.54. The van der Waals surface area contributed by atoms with Crippen molar-refractivity contribution in [1.82, 2.24) is 9.80 Å². The van der Waals surface area contributed by atoms with E-state index in [1.165, 1.54) is 11.0 Å². The molecule has 0 spiro atoms. The first kappa shape index (κ1) is 19.0. The summed E-state index contributed by atoms with van der Waals surface area (Å²) in [6, 6.07) is 14.8. The first-order chi connectivity index (χ1) is 13.0. The lowest BCUT2D eigenvalue weighted by molar-refractivity contribution is -0.147. The fraction of sp³-hybridized carbons (Fsp3) is 0.333. The second-order valence-electron chi connectivity index (χ2n) is 6.96. The maximum atomic E-state index is 14.4. The third-order valence-electron chi connectivity index (χ3n) is 4.95. The Labute approximate surface area is 158 Å². The average molecular weight is 367 g/mol. The van der Waals surface area contributed by atoms with Crippen molar-refractivity contribution in [2.75, 3.05) is 27.2 Å². The van der Waals surface area contributed by atoms with Crippen molar-refractivity contribution in [3.8, 4) is 17.2 Å². The number of amides is 1. The van der Waals surface area contributed by atoms with Crippen LogP contribution in [0, 0.1) is 17.1 Å². The quantitative estimate of drug-likeness (QED) is 0.880. The van der Waals surface area contributed by atoms with Crippen LogP contribution in [0.25, 0.3) is 11.1 Å². The van der Waals surface area contributed by atoms with E-state index in [0.29, 0.717) is 11.1 Å². The molecule has 2 aromatic rings. The molecule has 1 aliphatic heterocycles. The van der Waals surface area contributed by atoms with Crippen molar-refractivity contribution in [2.24, 2.45) is 0 Å². The van der Waals surface area contributed by atoms with E-state index in [9.17, 15) is 19.6 Å². The molecule has 5 nitrogen and oxygen atoms in total. The van der Waals surface area contributed by atoms with Crippen LogP contribution in [0.2, 0.25) is 0 Å². The van der Waals surface area contributed by atoms with Crippen LogP contribution in [0.1, 0.15) is 11.5 Å². The van der Waals surface area contributed by atoms with Crippen molar-refractivity contribution in [1.29, 1.82) is 5.26 Å². The van der Waals surface area contributed by atoms with Crippen LogP contribution in [0.5, 0.6) is 0 Å². The maximum absolute atomic E-state index is 14.4. The molecule has 3 atom stereocenters. The standard InChI is InChI=1S/C21H22FN3O2/c1-24(2)12-20(27)25-18(11-23)21(19(25)13-26)16-9-4-3-7-14(16)15-8-5-6-10-17(15)22/h3-10,18-19,21,26H,12-13H2,1-2H3/t18-,19-,21-/m1/s1. The molecule has 27 heavy (non-hydrogen) atoms. The average Bonchev–Trinajstić information content (AvgIpc) is 2.62. The minimum atomic E-state index is -0.692. The predicted molar refractivity (Wildman–Crippen MR) is 100 cm³/mol. The van der Waals surface area contributed by atoms with Crippen LogP contribution in [-0.4, -0.2) is 60.1 Å². The fourth-order valence-corrected chi connectivity index (χ4v) is 3.79. The fourth-order valence-electron chi connectivity index (χ4n) is 3.79. The van der Waals surface area contributed by atoms with Crippen molar-refractivity contribution in [2.45, 2.75) is 18.0 Å². The van der Waals surface area contributed by atoms with Crippen LogP contribution < -0.4 is 0 Å². The zero-order chi connectivity index (χ0) is 19.6. The molecule has 1 N–H and O–H groups in total. The lowest BCUT2D eigenvalue weighted by Crippen LogP contribution is -2.66. The highest BCUT2D eigenvalue weighted by molar-refractivity contribution is 5.81. The normalized spacial score (nSPS) is 21.6. The topological polar surface area (TPSA) is 67.6 Å². The summed E-state index contributed by atoms with van der Waals surface area (Å²) >= 11 is 0. The third-order valence-corrected chi connectivity index (χ3v) is 4.95. The summed E-state index contributed by atoms with van der Waals surface area (Å²) in [5.41, 5.74) is 1.89. The van der Waals surface area contributed by atoms with Gasteiger partial charge in [0.1, 0.15) is 11.9 Å². The summed E-state index contributed by atoms with van der Waals surface area (Å²) in [5, 5.41) is 19.6. The van der Waals surface area contributed by atoms with E-state index in [2.05, 4.69) is 6.07 Å². The maximum Gasteiger partial charge on any atom is 0.238 e. The number of aliphatic hydroxyl groups excluding tert-OH is 1. The highest BCUT2D eigenvalue weighted by atomic mass is 19.1. The summed E-state index contributed by atoms with van der Waals surface area (Å²) in [6.45, 7) is -0.0933. The Morgan fingerprint density at radius 2 is 1.81 bits per heavy atom. The number of carbonyl (C=O) groups excluding carboxylic acids is 1. The van der Waals surface area contributed by atoms with Crippen LogP contribution in [0.15, 0.2) is 48.5 Å². The number of rotatable bonds is 5. The first-order valence-electron chi connectivity index (χ1n) is 8.79. The van der Waals surface area contributed by atoms with Crippen molar-refractivity contribution >= 4 is 5.91 Å².